The number of anilines is 1. The van der Waals surface area contributed by atoms with Crippen molar-refractivity contribution in [2.75, 3.05) is 31.8 Å². The van der Waals surface area contributed by atoms with Crippen molar-refractivity contribution in [1.29, 1.82) is 0 Å². The number of aromatic nitrogens is 2. The van der Waals surface area contributed by atoms with E-state index in [0.717, 1.165) is 40.8 Å². The summed E-state index contributed by atoms with van der Waals surface area (Å²) in [6, 6.07) is 7.70. The number of nitrogens with zero attached hydrogens (tertiary/aromatic N) is 4. The van der Waals surface area contributed by atoms with Crippen LogP contribution in [0.3, 0.4) is 0 Å². The van der Waals surface area contributed by atoms with E-state index in [2.05, 4.69) is 15.3 Å². The predicted molar refractivity (Wildman–Crippen MR) is 151 cm³/mol. The summed E-state index contributed by atoms with van der Waals surface area (Å²) in [4.78, 5) is 26.0. The molecule has 2 atom stereocenters. The molecule has 1 amide bonds. The highest BCUT2D eigenvalue weighted by atomic mass is 32.2. The number of carbonyl (C=O) groups excluding carboxylic acids is 1. The van der Waals surface area contributed by atoms with Gasteiger partial charge in [-0.1, -0.05) is 19.1 Å². The predicted octanol–water partition coefficient (Wildman–Crippen LogP) is 4.39. The summed E-state index contributed by atoms with van der Waals surface area (Å²) in [7, 11) is -1.62. The Morgan fingerprint density at radius 3 is 2.60 bits per heavy atom. The number of sulfonamides is 1. The molecule has 2 fully saturated rings. The van der Waals surface area contributed by atoms with Gasteiger partial charge in [-0.2, -0.15) is 0 Å². The van der Waals surface area contributed by atoms with Crippen LogP contribution >= 0.6 is 11.3 Å². The van der Waals surface area contributed by atoms with Crippen molar-refractivity contribution >= 4 is 33.2 Å². The van der Waals surface area contributed by atoms with E-state index in [-0.39, 0.29) is 29.1 Å². The standard InChI is InChI=1S/C28H32FN5O4S2/c1-16-14-33(40(4,36)37)12-9-21(16)31-27-30-13-20(29)23(32-27)24-17(2)22-25(39-24)28(10-11-28)34(26(22)35)15-18-5-7-19(38-3)8-6-18/h5-8,13,16,21H,9-12,14-15H2,1-4H3,(H,30,31,32)/t16-,21+/m1/s1. The van der Waals surface area contributed by atoms with E-state index in [1.807, 2.05) is 43.0 Å². The number of halogens is 1. The highest BCUT2D eigenvalue weighted by Gasteiger charge is 2.60. The second-order valence-electron chi connectivity index (χ2n) is 11.1. The van der Waals surface area contributed by atoms with Gasteiger partial charge in [0.25, 0.3) is 5.91 Å². The zero-order valence-corrected chi connectivity index (χ0v) is 24.5. The van der Waals surface area contributed by atoms with Gasteiger partial charge in [0.15, 0.2) is 5.82 Å². The molecule has 6 rings (SSSR count). The van der Waals surface area contributed by atoms with Crippen molar-refractivity contribution in [2.45, 2.75) is 51.2 Å². The minimum atomic E-state index is -3.25. The molecular formula is C28H32FN5O4S2. The van der Waals surface area contributed by atoms with E-state index >= 15 is 4.39 Å². The summed E-state index contributed by atoms with van der Waals surface area (Å²) in [6.45, 7) is 5.16. The fourth-order valence-electron chi connectivity index (χ4n) is 5.91. The molecule has 0 radical (unpaired) electrons. The molecule has 9 nitrogen and oxygen atoms in total. The number of nitrogens with one attached hydrogen (secondary N) is 1. The summed E-state index contributed by atoms with van der Waals surface area (Å²) in [5, 5.41) is 3.30. The van der Waals surface area contributed by atoms with Crippen molar-refractivity contribution in [3.63, 3.8) is 0 Å². The smallest absolute Gasteiger partial charge is 0.256 e. The van der Waals surface area contributed by atoms with Crippen LogP contribution < -0.4 is 10.1 Å². The molecule has 212 valence electrons. The van der Waals surface area contributed by atoms with Crippen LogP contribution in [0.5, 0.6) is 5.75 Å². The Balaban J connectivity index is 1.25. The molecule has 1 aliphatic carbocycles. The number of carbonyl (C=O) groups is 1. The molecule has 3 aliphatic rings. The van der Waals surface area contributed by atoms with Gasteiger partial charge < -0.3 is 15.0 Å². The summed E-state index contributed by atoms with van der Waals surface area (Å²) in [6.07, 6.45) is 4.74. The quantitative estimate of drug-likeness (QED) is 0.439. The Labute approximate surface area is 237 Å². The maximum Gasteiger partial charge on any atom is 0.256 e. The largest absolute Gasteiger partial charge is 0.497 e. The molecule has 1 spiro atoms. The van der Waals surface area contributed by atoms with Crippen LogP contribution in [0.25, 0.3) is 10.6 Å². The summed E-state index contributed by atoms with van der Waals surface area (Å²) in [5.41, 5.74) is 2.28. The number of ether oxygens (including phenoxy) is 1. The van der Waals surface area contributed by atoms with Crippen LogP contribution in [0, 0.1) is 18.7 Å². The fourth-order valence-corrected chi connectivity index (χ4v) is 8.40. The lowest BCUT2D eigenvalue weighted by molar-refractivity contribution is 0.0684. The molecular weight excluding hydrogens is 553 g/mol. The molecule has 3 aromatic rings. The second kappa shape index (κ2) is 9.78. The summed E-state index contributed by atoms with van der Waals surface area (Å²) < 4.78 is 45.8. The highest BCUT2D eigenvalue weighted by molar-refractivity contribution is 7.88. The molecule has 0 bridgehead atoms. The van der Waals surface area contributed by atoms with Gasteiger partial charge in [0.05, 0.1) is 35.5 Å². The SMILES string of the molecule is COc1ccc(CN2C(=O)c3c(sc(-c4nc(N[C@H]5CCN(S(C)(=O)=O)C[C@H]5C)ncc4F)c3C)C23CC3)cc1. The number of hydrogen-bond acceptors (Lipinski definition) is 8. The third kappa shape index (κ3) is 4.55. The van der Waals surface area contributed by atoms with Gasteiger partial charge in [0, 0.05) is 30.6 Å². The van der Waals surface area contributed by atoms with Crippen LogP contribution in [0.4, 0.5) is 10.3 Å². The lowest BCUT2D eigenvalue weighted by Gasteiger charge is -2.35. The van der Waals surface area contributed by atoms with E-state index in [9.17, 15) is 13.2 Å². The van der Waals surface area contributed by atoms with Crippen molar-refractivity contribution in [3.05, 3.63) is 57.8 Å². The van der Waals surface area contributed by atoms with Gasteiger partial charge >= 0.3 is 0 Å². The summed E-state index contributed by atoms with van der Waals surface area (Å²) in [5.74, 6) is 0.523. The molecule has 0 unspecified atom stereocenters. The van der Waals surface area contributed by atoms with Gasteiger partial charge in [-0.05, 0) is 55.4 Å². The lowest BCUT2D eigenvalue weighted by atomic mass is 9.95. The van der Waals surface area contributed by atoms with E-state index in [0.29, 0.717) is 42.4 Å². The Kier molecular flexibility index (Phi) is 6.62. The lowest BCUT2D eigenvalue weighted by Crippen LogP contribution is -2.47. The van der Waals surface area contributed by atoms with Crippen LogP contribution in [-0.4, -0.2) is 66.0 Å². The number of fused-ring (bicyclic) bond motifs is 2. The monoisotopic (exact) mass is 585 g/mol. The van der Waals surface area contributed by atoms with Crippen molar-refractivity contribution < 1.29 is 22.3 Å². The highest BCUT2D eigenvalue weighted by Crippen LogP contribution is 2.61. The van der Waals surface area contributed by atoms with E-state index in [1.54, 1.807) is 7.11 Å². The molecule has 12 heteroatoms. The molecule has 1 aromatic carbocycles. The molecule has 1 saturated heterocycles. The van der Waals surface area contributed by atoms with Gasteiger partial charge in [-0.3, -0.25) is 4.79 Å². The van der Waals surface area contributed by atoms with Crippen LogP contribution in [0.2, 0.25) is 0 Å². The van der Waals surface area contributed by atoms with Crippen molar-refractivity contribution in [3.8, 4) is 16.3 Å². The Morgan fingerprint density at radius 2 is 1.98 bits per heavy atom. The van der Waals surface area contributed by atoms with Gasteiger partial charge in [-0.15, -0.1) is 11.3 Å². The van der Waals surface area contributed by atoms with Gasteiger partial charge in [0.1, 0.15) is 11.4 Å². The zero-order valence-electron chi connectivity index (χ0n) is 22.9. The molecule has 2 aliphatic heterocycles. The maximum absolute atomic E-state index is 15.1. The average molecular weight is 586 g/mol. The minimum Gasteiger partial charge on any atom is -0.497 e. The van der Waals surface area contributed by atoms with E-state index in [1.165, 1.54) is 21.9 Å². The molecule has 2 aromatic heterocycles. The van der Waals surface area contributed by atoms with Gasteiger partial charge in [-0.25, -0.2) is 27.1 Å². The molecule has 40 heavy (non-hydrogen) atoms. The number of benzene rings is 1. The van der Waals surface area contributed by atoms with Crippen molar-refractivity contribution in [2.24, 2.45) is 5.92 Å². The first-order valence-electron chi connectivity index (χ1n) is 13.3. The van der Waals surface area contributed by atoms with Crippen molar-refractivity contribution in [1.82, 2.24) is 19.2 Å². The summed E-state index contributed by atoms with van der Waals surface area (Å²) >= 11 is 1.45. The normalized spacial score (nSPS) is 22.0. The van der Waals surface area contributed by atoms with E-state index in [4.69, 9.17) is 4.74 Å². The topological polar surface area (TPSA) is 105 Å². The first-order chi connectivity index (χ1) is 19.0. The minimum absolute atomic E-state index is 0.0249. The second-order valence-corrected chi connectivity index (χ2v) is 14.1. The zero-order chi connectivity index (χ0) is 28.4. The number of rotatable bonds is 7. The number of piperidine rings is 1. The molecule has 1 saturated carbocycles. The fraction of sp³-hybridized carbons (Fsp3) is 0.464. The van der Waals surface area contributed by atoms with Gasteiger partial charge in [0.2, 0.25) is 16.0 Å². The Bertz CT molecular complexity index is 1590. The van der Waals surface area contributed by atoms with Crippen LogP contribution in [0.15, 0.2) is 30.5 Å². The number of amides is 1. The van der Waals surface area contributed by atoms with Crippen LogP contribution in [0.1, 0.15) is 52.5 Å². The van der Waals surface area contributed by atoms with E-state index < -0.39 is 15.8 Å². The first kappa shape index (κ1) is 27.1. The number of methoxy groups -OCH3 is 1. The average Bonchev–Trinajstić information content (AvgIpc) is 3.60. The third-order valence-corrected chi connectivity index (χ3v) is 11.1. The molecule has 1 N–H and O–H groups in total. The molecule has 4 heterocycles. The maximum atomic E-state index is 15.1. The Hall–Kier alpha value is -3.09. The number of thiophene rings is 1. The Morgan fingerprint density at radius 1 is 1.25 bits per heavy atom. The third-order valence-electron chi connectivity index (χ3n) is 8.38. The first-order valence-corrected chi connectivity index (χ1v) is 16.0. The number of hydrogen-bond donors (Lipinski definition) is 1. The van der Waals surface area contributed by atoms with Crippen LogP contribution in [-0.2, 0) is 22.1 Å².